The van der Waals surface area contributed by atoms with E-state index < -0.39 is 5.97 Å². The molecule has 1 N–H and O–H groups in total. The molecule has 0 saturated heterocycles. The number of amides is 1. The largest absolute Gasteiger partial charge is 0.494 e. The van der Waals surface area contributed by atoms with Gasteiger partial charge in [-0.05, 0) is 93.8 Å². The first-order valence-electron chi connectivity index (χ1n) is 15.8. The average Bonchev–Trinajstić information content (AvgIpc) is 3.66. The Balaban J connectivity index is 1.37. The summed E-state index contributed by atoms with van der Waals surface area (Å²) in [7, 11) is 3.83. The van der Waals surface area contributed by atoms with Gasteiger partial charge in [-0.2, -0.15) is 5.10 Å². The molecule has 0 spiro atoms. The number of fused-ring (bicyclic) bond motifs is 4. The molecule has 1 atom stereocenters. The van der Waals surface area contributed by atoms with Crippen LogP contribution in [0.1, 0.15) is 57.2 Å². The molecule has 1 aliphatic heterocycles. The Hall–Kier alpha value is -4.73. The highest BCUT2D eigenvalue weighted by Crippen LogP contribution is 2.45. The van der Waals surface area contributed by atoms with E-state index in [0.717, 1.165) is 55.6 Å². The Kier molecular flexibility index (Phi) is 8.00. The van der Waals surface area contributed by atoms with Crippen molar-refractivity contribution in [1.82, 2.24) is 18.9 Å². The van der Waals surface area contributed by atoms with Gasteiger partial charge in [0.25, 0.3) is 5.91 Å². The summed E-state index contributed by atoms with van der Waals surface area (Å²) in [5.41, 5.74) is 7.23. The quantitative estimate of drug-likeness (QED) is 0.163. The first-order chi connectivity index (χ1) is 23.0. The van der Waals surface area contributed by atoms with Gasteiger partial charge in [0.1, 0.15) is 17.3 Å². The molecule has 4 heterocycles. The lowest BCUT2D eigenvalue weighted by Crippen LogP contribution is -2.43. The van der Waals surface area contributed by atoms with Crippen LogP contribution in [0.25, 0.3) is 32.9 Å². The Morgan fingerprint density at radius 1 is 1.02 bits per heavy atom. The molecular weight excluding hydrogens is 649 g/mol. The van der Waals surface area contributed by atoms with Crippen molar-refractivity contribution in [2.45, 2.75) is 39.7 Å². The maximum absolute atomic E-state index is 14.8. The van der Waals surface area contributed by atoms with Crippen molar-refractivity contribution in [2.75, 3.05) is 18.1 Å². The summed E-state index contributed by atoms with van der Waals surface area (Å²) in [6.07, 6.45) is 1.27. The SMILES string of the molecule is Cc1nn(C)c(C)c1-c1c(Cl)ccc2c(CCCOc3ccc(Cl)cc3)c3n(c12)[C@H](C)CN(c1cc2cc(C(=O)O)ccc2n1C)C3=O. The molecule has 0 bridgehead atoms. The van der Waals surface area contributed by atoms with Crippen LogP contribution in [-0.4, -0.2) is 49.0 Å². The monoisotopic (exact) mass is 683 g/mol. The van der Waals surface area contributed by atoms with E-state index in [0.29, 0.717) is 47.6 Å². The van der Waals surface area contributed by atoms with Gasteiger partial charge < -0.3 is 19.0 Å². The number of hydrogen-bond donors (Lipinski definition) is 1. The molecule has 6 aromatic rings. The smallest absolute Gasteiger partial charge is 0.335 e. The van der Waals surface area contributed by atoms with Crippen molar-refractivity contribution < 1.29 is 19.4 Å². The van der Waals surface area contributed by atoms with E-state index in [-0.39, 0.29) is 17.5 Å². The van der Waals surface area contributed by atoms with Crippen LogP contribution in [0.4, 0.5) is 5.82 Å². The Labute approximate surface area is 287 Å². The molecule has 48 heavy (non-hydrogen) atoms. The van der Waals surface area contributed by atoms with Crippen LogP contribution >= 0.6 is 23.2 Å². The van der Waals surface area contributed by atoms with Gasteiger partial charge in [0, 0.05) is 64.8 Å². The second kappa shape index (κ2) is 12.1. The zero-order valence-corrected chi connectivity index (χ0v) is 28.9. The highest BCUT2D eigenvalue weighted by atomic mass is 35.5. The fourth-order valence-electron chi connectivity index (χ4n) is 7.20. The molecule has 0 fully saturated rings. The number of aromatic carboxylic acids is 1. The second-order valence-corrected chi connectivity index (χ2v) is 13.3. The molecule has 11 heteroatoms. The standard InChI is InChI=1S/C37H35Cl2N5O4/c1-20-19-43(31-18-24-17-23(37(46)47)8-15-30(24)41(31)4)36(45)35-27(7-6-16-48-26-11-9-25(38)10-12-26)28-13-14-29(39)33(34(28)44(20)35)32-21(2)40-42(5)22(32)3/h8-15,17-18,20H,6-7,16,19H2,1-5H3,(H,46,47)/t20-/m1/s1. The number of ether oxygens (including phenoxy) is 1. The number of carboxylic acids is 1. The lowest BCUT2D eigenvalue weighted by atomic mass is 9.98. The van der Waals surface area contributed by atoms with Crippen LogP contribution in [0.2, 0.25) is 10.0 Å². The van der Waals surface area contributed by atoms with Gasteiger partial charge in [-0.1, -0.05) is 29.3 Å². The summed E-state index contributed by atoms with van der Waals surface area (Å²) >= 11 is 13.1. The fourth-order valence-corrected chi connectivity index (χ4v) is 7.57. The van der Waals surface area contributed by atoms with E-state index in [9.17, 15) is 14.7 Å². The van der Waals surface area contributed by atoms with E-state index in [1.54, 1.807) is 30.3 Å². The number of hydrogen-bond acceptors (Lipinski definition) is 4. The third-order valence-electron chi connectivity index (χ3n) is 9.51. The number of aromatic nitrogens is 4. The molecule has 0 unspecified atom stereocenters. The maximum atomic E-state index is 14.8. The van der Waals surface area contributed by atoms with Gasteiger partial charge in [-0.15, -0.1) is 0 Å². The summed E-state index contributed by atoms with van der Waals surface area (Å²) < 4.78 is 12.0. The molecule has 0 radical (unpaired) electrons. The van der Waals surface area contributed by atoms with Crippen molar-refractivity contribution in [3.05, 3.63) is 98.9 Å². The summed E-state index contributed by atoms with van der Waals surface area (Å²) in [6.45, 7) is 7.01. The number of rotatable bonds is 8. The predicted octanol–water partition coefficient (Wildman–Crippen LogP) is 8.39. The van der Waals surface area contributed by atoms with E-state index in [1.165, 1.54) is 0 Å². The minimum Gasteiger partial charge on any atom is -0.494 e. The summed E-state index contributed by atoms with van der Waals surface area (Å²) in [6, 6.07) is 18.0. The van der Waals surface area contributed by atoms with Gasteiger partial charge in [-0.3, -0.25) is 14.4 Å². The first-order valence-corrected chi connectivity index (χ1v) is 16.6. The molecule has 246 valence electrons. The van der Waals surface area contributed by atoms with E-state index >= 15 is 0 Å². The van der Waals surface area contributed by atoms with E-state index in [4.69, 9.17) is 33.0 Å². The molecular formula is C37H35Cl2N5O4. The number of carbonyl (C=O) groups is 2. The molecule has 3 aromatic heterocycles. The van der Waals surface area contributed by atoms with Gasteiger partial charge in [0.2, 0.25) is 0 Å². The van der Waals surface area contributed by atoms with E-state index in [1.807, 2.05) is 72.4 Å². The van der Waals surface area contributed by atoms with Gasteiger partial charge in [-0.25, -0.2) is 4.79 Å². The zero-order valence-electron chi connectivity index (χ0n) is 27.3. The van der Waals surface area contributed by atoms with Crippen LogP contribution in [0.3, 0.4) is 0 Å². The van der Waals surface area contributed by atoms with Crippen LogP contribution in [0.15, 0.2) is 60.7 Å². The molecule has 0 saturated carbocycles. The molecule has 1 amide bonds. The molecule has 3 aromatic carbocycles. The highest BCUT2D eigenvalue weighted by Gasteiger charge is 2.37. The van der Waals surface area contributed by atoms with Crippen molar-refractivity contribution in [3.8, 4) is 16.9 Å². The Morgan fingerprint density at radius 2 is 1.77 bits per heavy atom. The molecule has 7 rings (SSSR count). The normalized spacial score (nSPS) is 14.7. The third-order valence-corrected chi connectivity index (χ3v) is 10.1. The van der Waals surface area contributed by atoms with Crippen molar-refractivity contribution in [3.63, 3.8) is 0 Å². The second-order valence-electron chi connectivity index (χ2n) is 12.5. The lowest BCUT2D eigenvalue weighted by molar-refractivity contribution is 0.0696. The number of halogens is 2. The number of nitrogens with zero attached hydrogens (tertiary/aromatic N) is 5. The average molecular weight is 685 g/mol. The molecule has 0 aliphatic carbocycles. The minimum absolute atomic E-state index is 0.110. The van der Waals surface area contributed by atoms with Gasteiger partial charge in [0.05, 0.1) is 28.4 Å². The lowest BCUT2D eigenvalue weighted by Gasteiger charge is -2.34. The predicted molar refractivity (Wildman–Crippen MR) is 190 cm³/mol. The number of aryl methyl sites for hydroxylation is 4. The van der Waals surface area contributed by atoms with Crippen molar-refractivity contribution in [2.24, 2.45) is 14.1 Å². The maximum Gasteiger partial charge on any atom is 0.335 e. The number of carboxylic acid groups (broad SMARTS) is 1. The van der Waals surface area contributed by atoms with Crippen molar-refractivity contribution in [1.29, 1.82) is 0 Å². The third kappa shape index (κ3) is 5.13. The Bertz CT molecular complexity index is 2260. The van der Waals surface area contributed by atoms with Crippen LogP contribution in [0.5, 0.6) is 5.75 Å². The zero-order chi connectivity index (χ0) is 34.0. The van der Waals surface area contributed by atoms with Crippen LogP contribution < -0.4 is 9.64 Å². The number of anilines is 1. The highest BCUT2D eigenvalue weighted by molar-refractivity contribution is 6.35. The summed E-state index contributed by atoms with van der Waals surface area (Å²) in [4.78, 5) is 28.3. The van der Waals surface area contributed by atoms with Gasteiger partial charge in [0.15, 0.2) is 0 Å². The minimum atomic E-state index is -0.993. The van der Waals surface area contributed by atoms with Crippen LogP contribution in [-0.2, 0) is 20.5 Å². The Morgan fingerprint density at radius 3 is 2.46 bits per heavy atom. The van der Waals surface area contributed by atoms with Crippen molar-refractivity contribution >= 4 is 62.7 Å². The number of benzene rings is 3. The van der Waals surface area contributed by atoms with Crippen LogP contribution in [0, 0.1) is 13.8 Å². The van der Waals surface area contributed by atoms with E-state index in [2.05, 4.69) is 11.5 Å². The summed E-state index contributed by atoms with van der Waals surface area (Å²) in [5.74, 6) is 0.323. The molecule has 9 nitrogen and oxygen atoms in total. The molecule has 1 aliphatic rings. The topological polar surface area (TPSA) is 94.5 Å². The fraction of sp³-hybridized carbons (Fsp3) is 0.270. The summed E-state index contributed by atoms with van der Waals surface area (Å²) in [5, 5.41) is 17.3. The first kappa shape index (κ1) is 31.8. The number of carbonyl (C=O) groups excluding carboxylic acids is 1. The van der Waals surface area contributed by atoms with Gasteiger partial charge >= 0.3 is 5.97 Å².